The highest BCUT2D eigenvalue weighted by Gasteiger charge is 2.18. The van der Waals surface area contributed by atoms with Gasteiger partial charge in [0.1, 0.15) is 0 Å². The fraction of sp³-hybridized carbons (Fsp3) is 0.500. The second kappa shape index (κ2) is 6.54. The molecule has 0 radical (unpaired) electrons. The number of thiazole rings is 1. The van der Waals surface area contributed by atoms with Crippen LogP contribution in [0.5, 0.6) is 5.88 Å². The van der Waals surface area contributed by atoms with Gasteiger partial charge in [-0.2, -0.15) is 0 Å². The van der Waals surface area contributed by atoms with Gasteiger partial charge in [-0.3, -0.25) is 0 Å². The molecule has 5 heteroatoms. The molecule has 0 saturated carbocycles. The summed E-state index contributed by atoms with van der Waals surface area (Å²) >= 11 is 1.61. The quantitative estimate of drug-likeness (QED) is 0.922. The van der Waals surface area contributed by atoms with E-state index in [0.29, 0.717) is 18.7 Å². The van der Waals surface area contributed by atoms with Crippen molar-refractivity contribution in [2.45, 2.75) is 45.1 Å². The number of nitrogens with zero attached hydrogens (tertiary/aromatic N) is 2. The van der Waals surface area contributed by atoms with Crippen molar-refractivity contribution < 1.29 is 9.84 Å². The van der Waals surface area contributed by atoms with E-state index >= 15 is 0 Å². The van der Waals surface area contributed by atoms with Crippen molar-refractivity contribution in [3.05, 3.63) is 40.0 Å². The first kappa shape index (κ1) is 15.9. The highest BCUT2D eigenvalue weighted by Crippen LogP contribution is 2.24. The zero-order valence-electron chi connectivity index (χ0n) is 13.0. The summed E-state index contributed by atoms with van der Waals surface area (Å²) in [5.41, 5.74) is 2.14. The molecular formula is C16H22N2O2S. The number of aliphatic hydroxyl groups is 1. The summed E-state index contributed by atoms with van der Waals surface area (Å²) in [6.45, 7) is 6.43. The van der Waals surface area contributed by atoms with Crippen LogP contribution in [0.15, 0.2) is 23.7 Å². The summed E-state index contributed by atoms with van der Waals surface area (Å²) < 4.78 is 5.02. The second-order valence-corrected chi connectivity index (χ2v) is 7.09. The van der Waals surface area contributed by atoms with Crippen LogP contribution in [0.3, 0.4) is 0 Å². The molecule has 4 nitrogen and oxygen atoms in total. The Morgan fingerprint density at radius 2 is 2.05 bits per heavy atom. The highest BCUT2D eigenvalue weighted by molar-refractivity contribution is 7.09. The molecule has 2 aromatic heterocycles. The molecule has 1 N–H and O–H groups in total. The standard InChI is InChI=1S/C16H22N2O2S/c1-16(2,3)13-10-21-15(18-13)8-12(19)7-11-5-6-14(20-4)17-9-11/h5-6,9-10,12,19H,7-8H2,1-4H3. The predicted octanol–water partition coefficient (Wildman–Crippen LogP) is 2.99. The molecule has 0 amide bonds. The lowest BCUT2D eigenvalue weighted by molar-refractivity contribution is 0.175. The predicted molar refractivity (Wildman–Crippen MR) is 85.0 cm³/mol. The van der Waals surface area contributed by atoms with E-state index in [1.54, 1.807) is 24.6 Å². The Morgan fingerprint density at radius 1 is 1.29 bits per heavy atom. The maximum Gasteiger partial charge on any atom is 0.212 e. The minimum absolute atomic E-state index is 0.0552. The Labute approximate surface area is 129 Å². The van der Waals surface area contributed by atoms with Crippen molar-refractivity contribution in [3.8, 4) is 5.88 Å². The summed E-state index contributed by atoms with van der Waals surface area (Å²) in [6, 6.07) is 3.74. The summed E-state index contributed by atoms with van der Waals surface area (Å²) in [6.07, 6.45) is 2.44. The van der Waals surface area contributed by atoms with Crippen LogP contribution in [-0.4, -0.2) is 28.3 Å². The number of hydrogen-bond acceptors (Lipinski definition) is 5. The van der Waals surface area contributed by atoms with Crippen LogP contribution in [0, 0.1) is 0 Å². The molecule has 0 fully saturated rings. The molecule has 0 bridgehead atoms. The van der Waals surface area contributed by atoms with Crippen LogP contribution in [0.4, 0.5) is 0 Å². The van der Waals surface area contributed by atoms with Gasteiger partial charge in [0.05, 0.1) is 23.9 Å². The van der Waals surface area contributed by atoms with Gasteiger partial charge in [0, 0.05) is 35.9 Å². The van der Waals surface area contributed by atoms with Gasteiger partial charge in [-0.1, -0.05) is 26.8 Å². The summed E-state index contributed by atoms with van der Waals surface area (Å²) in [5.74, 6) is 0.586. The zero-order chi connectivity index (χ0) is 15.5. The van der Waals surface area contributed by atoms with Crippen LogP contribution < -0.4 is 4.74 Å². The fourth-order valence-corrected chi connectivity index (χ4v) is 3.04. The molecule has 1 unspecified atom stereocenters. The Kier molecular flexibility index (Phi) is 4.96. The smallest absolute Gasteiger partial charge is 0.212 e. The van der Waals surface area contributed by atoms with Crippen LogP contribution >= 0.6 is 11.3 Å². The molecule has 2 heterocycles. The number of pyridine rings is 1. The third kappa shape index (κ3) is 4.51. The van der Waals surface area contributed by atoms with Crippen molar-refractivity contribution in [2.24, 2.45) is 0 Å². The normalized spacial score (nSPS) is 13.2. The number of aromatic nitrogens is 2. The minimum atomic E-state index is -0.445. The molecule has 2 rings (SSSR count). The van der Waals surface area contributed by atoms with Crippen molar-refractivity contribution in [3.63, 3.8) is 0 Å². The number of hydrogen-bond donors (Lipinski definition) is 1. The van der Waals surface area contributed by atoms with Crippen LogP contribution in [0.2, 0.25) is 0 Å². The minimum Gasteiger partial charge on any atom is -0.481 e. The number of rotatable bonds is 5. The molecule has 0 saturated heterocycles. The fourth-order valence-electron chi connectivity index (χ4n) is 1.95. The first-order valence-electron chi connectivity index (χ1n) is 7.00. The maximum atomic E-state index is 10.2. The van der Waals surface area contributed by atoms with E-state index in [4.69, 9.17) is 4.74 Å². The van der Waals surface area contributed by atoms with Gasteiger partial charge in [-0.25, -0.2) is 9.97 Å². The molecule has 0 aliphatic rings. The van der Waals surface area contributed by atoms with Crippen molar-refractivity contribution in [2.75, 3.05) is 7.11 Å². The topological polar surface area (TPSA) is 55.2 Å². The average Bonchev–Trinajstić information content (AvgIpc) is 2.88. The lowest BCUT2D eigenvalue weighted by Gasteiger charge is -2.14. The Bertz CT molecular complexity index is 573. The Balaban J connectivity index is 1.94. The van der Waals surface area contributed by atoms with Crippen LogP contribution in [-0.2, 0) is 18.3 Å². The SMILES string of the molecule is COc1ccc(CC(O)Cc2nc(C(C)(C)C)cs2)cn1. The molecule has 0 spiro atoms. The van der Waals surface area contributed by atoms with Gasteiger partial charge in [0.2, 0.25) is 5.88 Å². The van der Waals surface area contributed by atoms with E-state index in [1.807, 2.05) is 12.1 Å². The van der Waals surface area contributed by atoms with Gasteiger partial charge in [-0.15, -0.1) is 11.3 Å². The van der Waals surface area contributed by atoms with Gasteiger partial charge < -0.3 is 9.84 Å². The first-order valence-corrected chi connectivity index (χ1v) is 7.88. The molecule has 1 atom stereocenters. The lowest BCUT2D eigenvalue weighted by atomic mass is 9.93. The van der Waals surface area contributed by atoms with Crippen molar-refractivity contribution in [1.82, 2.24) is 9.97 Å². The van der Waals surface area contributed by atoms with E-state index in [1.165, 1.54) is 0 Å². The summed E-state index contributed by atoms with van der Waals surface area (Å²) in [5, 5.41) is 13.3. The molecule has 21 heavy (non-hydrogen) atoms. The Morgan fingerprint density at radius 3 is 2.57 bits per heavy atom. The molecule has 0 aliphatic heterocycles. The average molecular weight is 306 g/mol. The maximum absolute atomic E-state index is 10.2. The van der Waals surface area contributed by atoms with Crippen LogP contribution in [0.25, 0.3) is 0 Å². The zero-order valence-corrected chi connectivity index (χ0v) is 13.8. The van der Waals surface area contributed by atoms with E-state index in [0.717, 1.165) is 16.3 Å². The molecule has 2 aromatic rings. The summed E-state index contributed by atoms with van der Waals surface area (Å²) in [4.78, 5) is 8.76. The third-order valence-corrected chi connectivity index (χ3v) is 4.08. The van der Waals surface area contributed by atoms with Crippen molar-refractivity contribution in [1.29, 1.82) is 0 Å². The van der Waals surface area contributed by atoms with E-state index < -0.39 is 6.10 Å². The second-order valence-electron chi connectivity index (χ2n) is 6.15. The monoisotopic (exact) mass is 306 g/mol. The van der Waals surface area contributed by atoms with E-state index in [-0.39, 0.29) is 5.41 Å². The van der Waals surface area contributed by atoms with Crippen molar-refractivity contribution >= 4 is 11.3 Å². The van der Waals surface area contributed by atoms with Gasteiger partial charge in [0.25, 0.3) is 0 Å². The van der Waals surface area contributed by atoms with Crippen LogP contribution in [0.1, 0.15) is 37.0 Å². The lowest BCUT2D eigenvalue weighted by Crippen LogP contribution is -2.15. The number of methoxy groups -OCH3 is 1. The van der Waals surface area contributed by atoms with E-state index in [2.05, 4.69) is 36.1 Å². The largest absolute Gasteiger partial charge is 0.481 e. The first-order chi connectivity index (χ1) is 9.88. The van der Waals surface area contributed by atoms with Gasteiger partial charge in [0.15, 0.2) is 0 Å². The third-order valence-electron chi connectivity index (χ3n) is 3.21. The molecule has 114 valence electrons. The number of aliphatic hydroxyl groups excluding tert-OH is 1. The molecule has 0 aliphatic carbocycles. The summed E-state index contributed by atoms with van der Waals surface area (Å²) in [7, 11) is 1.59. The number of ether oxygens (including phenoxy) is 1. The molecular weight excluding hydrogens is 284 g/mol. The Hall–Kier alpha value is -1.46. The van der Waals surface area contributed by atoms with Gasteiger partial charge >= 0.3 is 0 Å². The van der Waals surface area contributed by atoms with Gasteiger partial charge in [-0.05, 0) is 5.56 Å². The van der Waals surface area contributed by atoms with E-state index in [9.17, 15) is 5.11 Å². The highest BCUT2D eigenvalue weighted by atomic mass is 32.1. The molecule has 0 aromatic carbocycles.